The van der Waals surface area contributed by atoms with E-state index in [0.717, 1.165) is 30.5 Å². The molecule has 0 unspecified atom stereocenters. The van der Waals surface area contributed by atoms with E-state index in [4.69, 9.17) is 0 Å². The molecule has 0 aliphatic rings. The lowest BCUT2D eigenvalue weighted by Gasteiger charge is -2.10. The molecule has 0 aliphatic heterocycles. The highest BCUT2D eigenvalue weighted by Crippen LogP contribution is 2.10. The van der Waals surface area contributed by atoms with Crippen LogP contribution in [0.4, 0.5) is 0 Å². The topological polar surface area (TPSA) is 49.3 Å². The third-order valence-corrected chi connectivity index (χ3v) is 3.73. The highest BCUT2D eigenvalue weighted by molar-refractivity contribution is 7.98. The molecule has 1 rings (SSSR count). The Morgan fingerprint density at radius 1 is 1.53 bits per heavy atom. The zero-order valence-corrected chi connectivity index (χ0v) is 12.2. The summed E-state index contributed by atoms with van der Waals surface area (Å²) < 4.78 is 0. The zero-order valence-electron chi connectivity index (χ0n) is 10.6. The lowest BCUT2D eigenvalue weighted by Crippen LogP contribution is -2.37. The molecular formula is C11H20N4S2. The molecule has 0 spiro atoms. The molecular weight excluding hydrogens is 252 g/mol. The first-order valence-electron chi connectivity index (χ1n) is 5.61. The minimum atomic E-state index is 0.737. The number of nitrogens with zero attached hydrogens (tertiary/aromatic N) is 2. The Morgan fingerprint density at radius 3 is 2.94 bits per heavy atom. The highest BCUT2D eigenvalue weighted by Gasteiger charge is 2.00. The largest absolute Gasteiger partial charge is 0.356 e. The molecule has 4 nitrogen and oxygen atoms in total. The standard InChI is InChI=1S/C11H20N4S2/c1-9-7-14-10(17-9)8-15-11(12-2)13-5-4-6-16-3/h7H,4-6,8H2,1-3H3,(H2,12,13,15). The van der Waals surface area contributed by atoms with Gasteiger partial charge in [0.1, 0.15) is 5.01 Å². The quantitative estimate of drug-likeness (QED) is 0.471. The van der Waals surface area contributed by atoms with Crippen LogP contribution in [0, 0.1) is 6.92 Å². The number of thioether (sulfide) groups is 1. The van der Waals surface area contributed by atoms with Crippen molar-refractivity contribution in [3.05, 3.63) is 16.1 Å². The van der Waals surface area contributed by atoms with Crippen LogP contribution in [0.5, 0.6) is 0 Å². The van der Waals surface area contributed by atoms with E-state index in [9.17, 15) is 0 Å². The SMILES string of the molecule is CN=C(NCCCSC)NCc1ncc(C)s1. The molecule has 0 radical (unpaired) electrons. The Morgan fingerprint density at radius 2 is 2.35 bits per heavy atom. The first-order valence-corrected chi connectivity index (χ1v) is 7.82. The molecule has 2 N–H and O–H groups in total. The van der Waals surface area contributed by atoms with Crippen molar-refractivity contribution in [3.63, 3.8) is 0 Å². The maximum atomic E-state index is 4.30. The first-order chi connectivity index (χ1) is 8.26. The fraction of sp³-hybridized carbons (Fsp3) is 0.636. The van der Waals surface area contributed by atoms with Gasteiger partial charge in [0.2, 0.25) is 0 Å². The molecule has 0 saturated heterocycles. The minimum Gasteiger partial charge on any atom is -0.356 e. The second kappa shape index (κ2) is 8.36. The van der Waals surface area contributed by atoms with Gasteiger partial charge in [0.05, 0.1) is 6.54 Å². The average Bonchev–Trinajstić information content (AvgIpc) is 2.74. The van der Waals surface area contributed by atoms with Gasteiger partial charge in [-0.05, 0) is 25.4 Å². The summed E-state index contributed by atoms with van der Waals surface area (Å²) in [5, 5.41) is 7.63. The third-order valence-electron chi connectivity index (χ3n) is 2.12. The fourth-order valence-electron chi connectivity index (χ4n) is 1.29. The van der Waals surface area contributed by atoms with Crippen LogP contribution in [0.1, 0.15) is 16.3 Å². The maximum absolute atomic E-state index is 4.30. The molecule has 0 aliphatic carbocycles. The first kappa shape index (κ1) is 14.3. The Hall–Kier alpha value is -0.750. The molecule has 0 atom stereocenters. The number of aromatic nitrogens is 1. The van der Waals surface area contributed by atoms with Gasteiger partial charge in [-0.2, -0.15) is 11.8 Å². The smallest absolute Gasteiger partial charge is 0.191 e. The summed E-state index contributed by atoms with van der Waals surface area (Å²) in [6.45, 7) is 3.76. The lowest BCUT2D eigenvalue weighted by molar-refractivity contribution is 0.783. The molecule has 96 valence electrons. The van der Waals surface area contributed by atoms with Crippen LogP contribution in [-0.2, 0) is 6.54 Å². The zero-order chi connectivity index (χ0) is 12.5. The van der Waals surface area contributed by atoms with E-state index in [2.05, 4.69) is 33.8 Å². The molecule has 1 aromatic heterocycles. The van der Waals surface area contributed by atoms with Crippen molar-refractivity contribution >= 4 is 29.1 Å². The van der Waals surface area contributed by atoms with Crippen LogP contribution in [0.3, 0.4) is 0 Å². The minimum absolute atomic E-state index is 0.737. The van der Waals surface area contributed by atoms with Gasteiger partial charge in [-0.25, -0.2) is 4.98 Å². The summed E-state index contributed by atoms with van der Waals surface area (Å²) >= 11 is 3.58. The van der Waals surface area contributed by atoms with E-state index in [-0.39, 0.29) is 0 Å². The van der Waals surface area contributed by atoms with E-state index < -0.39 is 0 Å². The Kier molecular flexibility index (Phi) is 7.04. The Bertz CT molecular complexity index is 349. The molecule has 0 fully saturated rings. The van der Waals surface area contributed by atoms with E-state index in [0.29, 0.717) is 0 Å². The van der Waals surface area contributed by atoms with Crippen molar-refractivity contribution in [2.45, 2.75) is 19.9 Å². The molecule has 0 amide bonds. The van der Waals surface area contributed by atoms with Gasteiger partial charge in [0, 0.05) is 24.7 Å². The van der Waals surface area contributed by atoms with Gasteiger partial charge >= 0.3 is 0 Å². The van der Waals surface area contributed by atoms with Crippen molar-refractivity contribution in [2.24, 2.45) is 4.99 Å². The van der Waals surface area contributed by atoms with Crippen LogP contribution < -0.4 is 10.6 Å². The average molecular weight is 272 g/mol. The van der Waals surface area contributed by atoms with Crippen molar-refractivity contribution < 1.29 is 0 Å². The fourth-order valence-corrected chi connectivity index (χ4v) is 2.45. The second-order valence-electron chi connectivity index (χ2n) is 3.56. The van der Waals surface area contributed by atoms with Crippen LogP contribution in [0.25, 0.3) is 0 Å². The maximum Gasteiger partial charge on any atom is 0.191 e. The molecule has 1 heterocycles. The molecule has 0 bridgehead atoms. The van der Waals surface area contributed by atoms with Gasteiger partial charge in [-0.15, -0.1) is 11.3 Å². The summed E-state index contributed by atoms with van der Waals surface area (Å²) in [7, 11) is 1.79. The second-order valence-corrected chi connectivity index (χ2v) is 5.87. The lowest BCUT2D eigenvalue weighted by atomic mass is 10.5. The monoisotopic (exact) mass is 272 g/mol. The summed E-state index contributed by atoms with van der Waals surface area (Å²) in [6, 6.07) is 0. The predicted octanol–water partition coefficient (Wildman–Crippen LogP) is 1.87. The van der Waals surface area contributed by atoms with Crippen molar-refractivity contribution in [3.8, 4) is 0 Å². The van der Waals surface area contributed by atoms with Crippen molar-refractivity contribution in [1.29, 1.82) is 0 Å². The number of thiazole rings is 1. The van der Waals surface area contributed by atoms with Gasteiger partial charge in [-0.3, -0.25) is 4.99 Å². The number of rotatable bonds is 6. The third kappa shape index (κ3) is 5.93. The normalized spacial score (nSPS) is 11.6. The number of aliphatic imine (C=N–C) groups is 1. The number of aryl methyl sites for hydroxylation is 1. The molecule has 1 aromatic rings. The van der Waals surface area contributed by atoms with Crippen LogP contribution in [0.2, 0.25) is 0 Å². The van der Waals surface area contributed by atoms with Gasteiger partial charge in [0.15, 0.2) is 5.96 Å². The number of hydrogen-bond acceptors (Lipinski definition) is 4. The van der Waals surface area contributed by atoms with Crippen LogP contribution in [-0.4, -0.2) is 36.5 Å². The molecule has 0 saturated carbocycles. The Labute approximate surface area is 111 Å². The van der Waals surface area contributed by atoms with E-state index in [1.165, 1.54) is 10.6 Å². The van der Waals surface area contributed by atoms with E-state index >= 15 is 0 Å². The van der Waals surface area contributed by atoms with Gasteiger partial charge < -0.3 is 10.6 Å². The van der Waals surface area contributed by atoms with Gasteiger partial charge in [-0.1, -0.05) is 0 Å². The molecule has 17 heavy (non-hydrogen) atoms. The van der Waals surface area contributed by atoms with E-state index in [1.807, 2.05) is 18.0 Å². The van der Waals surface area contributed by atoms with Gasteiger partial charge in [0.25, 0.3) is 0 Å². The number of guanidine groups is 1. The highest BCUT2D eigenvalue weighted by atomic mass is 32.2. The predicted molar refractivity (Wildman–Crippen MR) is 78.1 cm³/mol. The molecule has 6 heteroatoms. The summed E-state index contributed by atoms with van der Waals surface area (Å²) in [5.74, 6) is 2.02. The summed E-state index contributed by atoms with van der Waals surface area (Å²) in [6.07, 6.45) is 5.17. The number of nitrogens with one attached hydrogen (secondary N) is 2. The number of hydrogen-bond donors (Lipinski definition) is 2. The van der Waals surface area contributed by atoms with Crippen molar-refractivity contribution in [1.82, 2.24) is 15.6 Å². The Balaban J connectivity index is 2.23. The summed E-state index contributed by atoms with van der Waals surface area (Å²) in [4.78, 5) is 9.71. The summed E-state index contributed by atoms with van der Waals surface area (Å²) in [5.41, 5.74) is 0. The van der Waals surface area contributed by atoms with Crippen LogP contribution >= 0.6 is 23.1 Å². The molecule has 0 aromatic carbocycles. The van der Waals surface area contributed by atoms with Crippen LogP contribution in [0.15, 0.2) is 11.2 Å². The van der Waals surface area contributed by atoms with E-state index in [1.54, 1.807) is 18.4 Å². The van der Waals surface area contributed by atoms with Crippen molar-refractivity contribution in [2.75, 3.05) is 25.6 Å².